The molecule has 0 aromatic rings. The maximum Gasteiger partial charge on any atom is 0.222 e. The van der Waals surface area contributed by atoms with Crippen LogP contribution in [0.5, 0.6) is 0 Å². The van der Waals surface area contributed by atoms with Gasteiger partial charge in [-0.1, -0.05) is 27.7 Å². The van der Waals surface area contributed by atoms with Gasteiger partial charge in [0.05, 0.1) is 0 Å². The molecule has 70 valence electrons. The fourth-order valence-electron chi connectivity index (χ4n) is 0.675. The Morgan fingerprint density at radius 2 is 2.08 bits per heavy atom. The Labute approximate surface area is 75.7 Å². The van der Waals surface area contributed by atoms with Gasteiger partial charge in [0.1, 0.15) is 0 Å². The lowest BCUT2D eigenvalue weighted by Gasteiger charge is -2.19. The van der Waals surface area contributed by atoms with Gasteiger partial charge in [-0.25, -0.2) is 0 Å². The molecule has 2 radical (unpaired) electrons. The number of carbonyl (C=O) groups excluding carboxylic acids is 1. The van der Waals surface area contributed by atoms with Gasteiger partial charge in [0.15, 0.2) is 0 Å². The van der Waals surface area contributed by atoms with Gasteiger partial charge in [-0.15, -0.1) is 0 Å². The first-order valence-electron chi connectivity index (χ1n) is 4.43. The van der Waals surface area contributed by atoms with Gasteiger partial charge in [-0.05, 0) is 18.8 Å². The topological polar surface area (TPSA) is 29.1 Å². The predicted octanol–water partition coefficient (Wildman–Crippen LogP) is 1.89. The van der Waals surface area contributed by atoms with E-state index >= 15 is 0 Å². The summed E-state index contributed by atoms with van der Waals surface area (Å²) in [5, 5.41) is 2.81. The number of carbonyl (C=O) groups is 1. The quantitative estimate of drug-likeness (QED) is 0.684. The second-order valence-electron chi connectivity index (χ2n) is 4.02. The molecule has 0 rings (SSSR count). The first-order chi connectivity index (χ1) is 5.37. The molecule has 0 aliphatic rings. The lowest BCUT2D eigenvalue weighted by atomic mass is 9.96. The van der Waals surface area contributed by atoms with E-state index in [0.29, 0.717) is 6.54 Å². The van der Waals surface area contributed by atoms with Gasteiger partial charge in [0.25, 0.3) is 0 Å². The Hall–Kier alpha value is -0.530. The molecule has 0 heterocycles. The zero-order chi connectivity index (χ0) is 9.78. The minimum atomic E-state index is -0.316. The molecule has 0 saturated heterocycles. The molecule has 0 aromatic carbocycles. The summed E-state index contributed by atoms with van der Waals surface area (Å²) in [5.74, 6) is 0.184. The van der Waals surface area contributed by atoms with Gasteiger partial charge in [-0.2, -0.15) is 0 Å². The molecule has 2 heteroatoms. The van der Waals surface area contributed by atoms with E-state index in [-0.39, 0.29) is 17.2 Å². The third kappa shape index (κ3) is 5.16. The summed E-state index contributed by atoms with van der Waals surface area (Å²) < 4.78 is 0. The fraction of sp³-hybridized carbons (Fsp3) is 0.800. The minimum Gasteiger partial charge on any atom is -0.355 e. The van der Waals surface area contributed by atoms with Crippen molar-refractivity contribution in [2.75, 3.05) is 6.54 Å². The summed E-state index contributed by atoms with van der Waals surface area (Å²) in [7, 11) is 0. The number of rotatable bonds is 4. The van der Waals surface area contributed by atoms with Crippen LogP contribution >= 0.6 is 0 Å². The van der Waals surface area contributed by atoms with E-state index in [2.05, 4.69) is 5.32 Å². The molecule has 1 N–H and O–H groups in total. The van der Waals surface area contributed by atoms with Gasteiger partial charge < -0.3 is 5.32 Å². The Kier molecular flexibility index (Phi) is 4.29. The molecule has 0 aliphatic carbocycles. The molecule has 0 bridgehead atoms. The van der Waals surface area contributed by atoms with Crippen molar-refractivity contribution in [3.8, 4) is 0 Å². The van der Waals surface area contributed by atoms with Crippen molar-refractivity contribution in [3.63, 3.8) is 0 Å². The second-order valence-corrected chi connectivity index (χ2v) is 4.02. The SMILES string of the molecule is [CH]C(C)(C)CNC(=O)C(C)CC. The Morgan fingerprint density at radius 3 is 2.42 bits per heavy atom. The average Bonchev–Trinajstić information content (AvgIpc) is 1.97. The van der Waals surface area contributed by atoms with Crippen molar-refractivity contribution < 1.29 is 4.79 Å². The zero-order valence-corrected chi connectivity index (χ0v) is 8.48. The third-order valence-corrected chi connectivity index (χ3v) is 1.78. The normalized spacial score (nSPS) is 14.1. The minimum absolute atomic E-state index is 0.0901. The number of nitrogens with one attached hydrogen (secondary N) is 1. The van der Waals surface area contributed by atoms with E-state index in [0.717, 1.165) is 6.42 Å². The van der Waals surface area contributed by atoms with Crippen molar-refractivity contribution in [1.82, 2.24) is 5.32 Å². The summed E-state index contributed by atoms with van der Waals surface area (Å²) >= 11 is 0. The highest BCUT2D eigenvalue weighted by molar-refractivity contribution is 5.78. The van der Waals surface area contributed by atoms with Crippen LogP contribution in [0.25, 0.3) is 0 Å². The van der Waals surface area contributed by atoms with Crippen molar-refractivity contribution in [2.45, 2.75) is 34.1 Å². The van der Waals surface area contributed by atoms with Crippen molar-refractivity contribution in [3.05, 3.63) is 6.92 Å². The summed E-state index contributed by atoms with van der Waals surface area (Å²) in [6.07, 6.45) is 0.872. The van der Waals surface area contributed by atoms with E-state index in [9.17, 15) is 4.79 Å². The first-order valence-corrected chi connectivity index (χ1v) is 4.43. The fourth-order valence-corrected chi connectivity index (χ4v) is 0.675. The van der Waals surface area contributed by atoms with Crippen LogP contribution in [0, 0.1) is 18.3 Å². The highest BCUT2D eigenvalue weighted by Crippen LogP contribution is 2.10. The maximum absolute atomic E-state index is 11.3. The Morgan fingerprint density at radius 1 is 1.58 bits per heavy atom. The molecule has 0 fully saturated rings. The molecule has 0 saturated carbocycles. The summed E-state index contributed by atoms with van der Waals surface area (Å²) in [5.41, 5.74) is -0.316. The molecule has 1 unspecified atom stereocenters. The number of hydrogen-bond acceptors (Lipinski definition) is 1. The molecule has 12 heavy (non-hydrogen) atoms. The van der Waals surface area contributed by atoms with Crippen molar-refractivity contribution in [2.24, 2.45) is 11.3 Å². The smallest absolute Gasteiger partial charge is 0.222 e. The van der Waals surface area contributed by atoms with Crippen LogP contribution in [-0.4, -0.2) is 12.5 Å². The van der Waals surface area contributed by atoms with E-state index in [1.54, 1.807) is 0 Å². The molecular formula is C10H19NO. The Balaban J connectivity index is 3.72. The van der Waals surface area contributed by atoms with Crippen LogP contribution in [0.1, 0.15) is 34.1 Å². The molecule has 0 spiro atoms. The van der Waals surface area contributed by atoms with E-state index in [4.69, 9.17) is 6.92 Å². The number of hydrogen-bond donors (Lipinski definition) is 1. The molecule has 0 aromatic heterocycles. The van der Waals surface area contributed by atoms with Crippen LogP contribution in [0.15, 0.2) is 0 Å². The van der Waals surface area contributed by atoms with Crippen LogP contribution in [0.3, 0.4) is 0 Å². The molecule has 2 nitrogen and oxygen atoms in total. The van der Waals surface area contributed by atoms with Gasteiger partial charge in [-0.3, -0.25) is 4.79 Å². The first kappa shape index (κ1) is 11.5. The third-order valence-electron chi connectivity index (χ3n) is 1.78. The summed E-state index contributed by atoms with van der Waals surface area (Å²) in [6, 6.07) is 0. The van der Waals surface area contributed by atoms with E-state index < -0.39 is 0 Å². The van der Waals surface area contributed by atoms with Crippen molar-refractivity contribution in [1.29, 1.82) is 0 Å². The zero-order valence-electron chi connectivity index (χ0n) is 8.48. The summed E-state index contributed by atoms with van der Waals surface area (Å²) in [4.78, 5) is 11.3. The molecular weight excluding hydrogens is 150 g/mol. The molecule has 1 atom stereocenters. The average molecular weight is 169 g/mol. The highest BCUT2D eigenvalue weighted by Gasteiger charge is 2.15. The Bertz CT molecular complexity index is 146. The standard InChI is InChI=1S/C10H19NO/c1-6-8(2)9(12)11-7-10(3,4)5/h3,8H,6-7H2,1-2,4-5H3,(H,11,12). The van der Waals surface area contributed by atoms with E-state index in [1.165, 1.54) is 0 Å². The maximum atomic E-state index is 11.3. The van der Waals surface area contributed by atoms with Crippen molar-refractivity contribution >= 4 is 5.91 Å². The lowest BCUT2D eigenvalue weighted by Crippen LogP contribution is -2.35. The van der Waals surface area contributed by atoms with Crippen LogP contribution < -0.4 is 5.32 Å². The summed E-state index contributed by atoms with van der Waals surface area (Å²) in [6.45, 7) is 13.9. The second kappa shape index (κ2) is 4.48. The van der Waals surface area contributed by atoms with Gasteiger partial charge >= 0.3 is 0 Å². The molecule has 1 amide bonds. The van der Waals surface area contributed by atoms with Gasteiger partial charge in [0, 0.05) is 12.5 Å². The molecule has 0 aliphatic heterocycles. The van der Waals surface area contributed by atoms with Gasteiger partial charge in [0.2, 0.25) is 5.91 Å². The monoisotopic (exact) mass is 169 g/mol. The largest absolute Gasteiger partial charge is 0.355 e. The predicted molar refractivity (Wildman–Crippen MR) is 50.5 cm³/mol. The van der Waals surface area contributed by atoms with Crippen LogP contribution in [-0.2, 0) is 4.79 Å². The highest BCUT2D eigenvalue weighted by atomic mass is 16.1. The van der Waals surface area contributed by atoms with Crippen LogP contribution in [0.2, 0.25) is 0 Å². The van der Waals surface area contributed by atoms with E-state index in [1.807, 2.05) is 27.7 Å². The van der Waals surface area contributed by atoms with Crippen LogP contribution in [0.4, 0.5) is 0 Å². The lowest BCUT2D eigenvalue weighted by molar-refractivity contribution is -0.124. The number of amides is 1.